The van der Waals surface area contributed by atoms with Crippen molar-refractivity contribution in [2.75, 3.05) is 5.73 Å². The Morgan fingerprint density at radius 2 is 1.55 bits per heavy atom. The number of aromatic nitrogens is 3. The first-order valence-electron chi connectivity index (χ1n) is 9.80. The fourth-order valence-corrected chi connectivity index (χ4v) is 6.79. The summed E-state index contributed by atoms with van der Waals surface area (Å²) in [4.78, 5) is 11.8. The topological polar surface area (TPSA) is 67.6 Å². The molecule has 0 saturated carbocycles. The summed E-state index contributed by atoms with van der Waals surface area (Å²) in [5, 5.41) is 2.64. The Morgan fingerprint density at radius 1 is 1.00 bits per heavy atom. The number of rotatable bonds is 1. The number of anilines is 1. The molecule has 31 heavy (non-hydrogen) atoms. The van der Waals surface area contributed by atoms with E-state index in [9.17, 15) is 0 Å². The molecule has 0 amide bonds. The third-order valence-corrected chi connectivity index (χ3v) is 8.69. The molecule has 3 aromatic heterocycles. The molecule has 0 saturated heterocycles. The Labute approximate surface area is 219 Å². The van der Waals surface area contributed by atoms with Crippen LogP contribution in [0.4, 0.5) is 5.82 Å². The van der Waals surface area contributed by atoms with E-state index in [0.29, 0.717) is 5.82 Å². The van der Waals surface area contributed by atoms with Crippen LogP contribution in [-0.4, -0.2) is 31.1 Å². The molecular formula is C22H31Br2IN4Si2. The van der Waals surface area contributed by atoms with Gasteiger partial charge in [-0.3, -0.25) is 0 Å². The van der Waals surface area contributed by atoms with Crippen LogP contribution < -0.4 is 11.1 Å². The van der Waals surface area contributed by atoms with Gasteiger partial charge in [0.25, 0.3) is 0 Å². The Balaban J connectivity index is 0.000000257. The molecule has 3 rings (SSSR count). The molecule has 0 aliphatic carbocycles. The zero-order valence-corrected chi connectivity index (χ0v) is 26.7. The average Bonchev–Trinajstić information content (AvgIpc) is 2.95. The summed E-state index contributed by atoms with van der Waals surface area (Å²) >= 11 is 8.87. The number of aryl methyl sites for hydroxylation is 1. The molecule has 0 aromatic carbocycles. The van der Waals surface area contributed by atoms with Crippen LogP contribution in [-0.2, 0) is 0 Å². The van der Waals surface area contributed by atoms with E-state index in [4.69, 9.17) is 5.73 Å². The lowest BCUT2D eigenvalue weighted by Crippen LogP contribution is -2.40. The summed E-state index contributed by atoms with van der Waals surface area (Å²) in [6.45, 7) is 17.8. The van der Waals surface area contributed by atoms with Crippen molar-refractivity contribution in [1.29, 1.82) is 0 Å². The number of H-pyrrole nitrogens is 1. The number of nitrogens with zero attached hydrogens (tertiary/aromatic N) is 2. The minimum absolute atomic E-state index is 0.582. The zero-order chi connectivity index (χ0) is 24.0. The van der Waals surface area contributed by atoms with Gasteiger partial charge >= 0.3 is 0 Å². The highest BCUT2D eigenvalue weighted by Gasteiger charge is 2.22. The van der Waals surface area contributed by atoms with Gasteiger partial charge in [-0.05, 0) is 86.0 Å². The van der Waals surface area contributed by atoms with Crippen LogP contribution in [0.2, 0.25) is 39.3 Å². The van der Waals surface area contributed by atoms with Crippen LogP contribution in [0.25, 0.3) is 11.0 Å². The van der Waals surface area contributed by atoms with Crippen LogP contribution >= 0.6 is 54.5 Å². The fraction of sp³-hybridized carbons (Fsp3) is 0.364. The maximum atomic E-state index is 5.45. The van der Waals surface area contributed by atoms with E-state index in [2.05, 4.69) is 133 Å². The van der Waals surface area contributed by atoms with Crippen LogP contribution in [0.5, 0.6) is 0 Å². The summed E-state index contributed by atoms with van der Waals surface area (Å²) in [5.74, 6) is 3.50. The highest BCUT2D eigenvalue weighted by atomic mass is 127. The first-order valence-corrected chi connectivity index (χ1v) is 19.5. The highest BCUT2D eigenvalue weighted by molar-refractivity contribution is 14.1. The number of aromatic amines is 1. The van der Waals surface area contributed by atoms with E-state index in [1.807, 2.05) is 19.2 Å². The lowest BCUT2D eigenvalue weighted by Gasteiger charge is -2.15. The Kier molecular flexibility index (Phi) is 11.0. The lowest BCUT2D eigenvalue weighted by atomic mass is 10.2. The number of pyridine rings is 2. The molecule has 0 spiro atoms. The molecule has 0 bridgehead atoms. The molecule has 3 heterocycles. The largest absolute Gasteiger partial charge is 0.383 e. The summed E-state index contributed by atoms with van der Waals surface area (Å²) in [7, 11) is -2.31. The third-order valence-electron chi connectivity index (χ3n) is 3.96. The van der Waals surface area contributed by atoms with Gasteiger partial charge in [0.2, 0.25) is 0 Å². The number of hydrogen-bond acceptors (Lipinski definition) is 3. The van der Waals surface area contributed by atoms with E-state index >= 15 is 0 Å². The quantitative estimate of drug-likeness (QED) is 0.162. The SMILES string of the molecule is CC#C[Si](C)(C)C.Cc1c([Si](C)(C)C)[nH]c2ncc(Br)cc12.Nc1ncc(Br)cc1I. The van der Waals surface area contributed by atoms with Gasteiger partial charge in [0.05, 0.1) is 11.6 Å². The first-order chi connectivity index (χ1) is 14.2. The van der Waals surface area contributed by atoms with E-state index in [-0.39, 0.29) is 0 Å². The summed E-state index contributed by atoms with van der Waals surface area (Å²) in [5.41, 5.74) is 11.0. The Hall–Kier alpha value is -0.676. The van der Waals surface area contributed by atoms with Gasteiger partial charge in [0, 0.05) is 32.0 Å². The molecule has 0 aliphatic heterocycles. The van der Waals surface area contributed by atoms with Crippen molar-refractivity contribution in [3.05, 3.63) is 42.6 Å². The summed E-state index contributed by atoms with van der Waals surface area (Å²) < 4.78 is 2.97. The van der Waals surface area contributed by atoms with E-state index < -0.39 is 16.1 Å². The minimum atomic E-state index is -1.29. The number of nitrogen functional groups attached to an aromatic ring is 1. The zero-order valence-electron chi connectivity index (χ0n) is 19.4. The monoisotopic (exact) mass is 692 g/mol. The van der Waals surface area contributed by atoms with Gasteiger partial charge in [0.15, 0.2) is 0 Å². The lowest BCUT2D eigenvalue weighted by molar-refractivity contribution is 1.30. The van der Waals surface area contributed by atoms with Crippen LogP contribution in [0.3, 0.4) is 0 Å². The van der Waals surface area contributed by atoms with Crippen molar-refractivity contribution < 1.29 is 0 Å². The number of halogens is 3. The minimum Gasteiger partial charge on any atom is -0.383 e. The smallest absolute Gasteiger partial charge is 0.137 e. The molecule has 168 valence electrons. The van der Waals surface area contributed by atoms with Crippen LogP contribution in [0.1, 0.15) is 12.5 Å². The maximum absolute atomic E-state index is 5.45. The molecule has 0 atom stereocenters. The Morgan fingerprint density at radius 3 is 1.97 bits per heavy atom. The van der Waals surface area contributed by atoms with E-state index in [1.54, 1.807) is 6.20 Å². The highest BCUT2D eigenvalue weighted by Crippen LogP contribution is 2.21. The molecule has 0 radical (unpaired) electrons. The number of nitrogens with two attached hydrogens (primary N) is 1. The third kappa shape index (κ3) is 9.78. The van der Waals surface area contributed by atoms with Crippen molar-refractivity contribution in [2.45, 2.75) is 53.1 Å². The van der Waals surface area contributed by atoms with Crippen molar-refractivity contribution in [1.82, 2.24) is 15.0 Å². The van der Waals surface area contributed by atoms with E-state index in [1.165, 1.54) is 16.3 Å². The normalized spacial score (nSPS) is 10.9. The average molecular weight is 694 g/mol. The first kappa shape index (κ1) is 28.4. The predicted molar refractivity (Wildman–Crippen MR) is 157 cm³/mol. The molecule has 0 fully saturated rings. The number of nitrogens with one attached hydrogen (secondary N) is 1. The van der Waals surface area contributed by atoms with Gasteiger partial charge in [-0.2, -0.15) is 0 Å². The fourth-order valence-electron chi connectivity index (χ4n) is 2.72. The summed E-state index contributed by atoms with van der Waals surface area (Å²) in [6.07, 6.45) is 3.52. The van der Waals surface area contributed by atoms with Gasteiger partial charge in [-0.25, -0.2) is 9.97 Å². The standard InChI is InChI=1S/C11H15BrN2Si.C6H12Si.C5H4BrIN2/c1-7-9-5-8(12)6-13-10(9)14-11(7)15(2,3)4;1-5-6-7(2,3)4;6-3-1-4(7)5(8)9-2-3/h5-6H,1-4H3,(H,13,14);1-4H3;1-2H,(H2,8,9). The van der Waals surface area contributed by atoms with Crippen molar-refractivity contribution in [2.24, 2.45) is 0 Å². The molecule has 3 N–H and O–H groups in total. The molecule has 9 heteroatoms. The second-order valence-electron chi connectivity index (χ2n) is 9.07. The number of fused-ring (bicyclic) bond motifs is 1. The Bertz CT molecular complexity index is 1090. The number of hydrogen-bond donors (Lipinski definition) is 2. The van der Waals surface area contributed by atoms with Crippen molar-refractivity contribution in [3.8, 4) is 11.5 Å². The van der Waals surface area contributed by atoms with Crippen LogP contribution in [0.15, 0.2) is 33.5 Å². The molecule has 4 nitrogen and oxygen atoms in total. The predicted octanol–water partition coefficient (Wildman–Crippen LogP) is 7.10. The van der Waals surface area contributed by atoms with E-state index in [0.717, 1.165) is 18.2 Å². The van der Waals surface area contributed by atoms with Crippen LogP contribution in [0, 0.1) is 22.0 Å². The van der Waals surface area contributed by atoms with Gasteiger partial charge in [-0.15, -0.1) is 11.5 Å². The second kappa shape index (κ2) is 12.0. The molecule has 0 unspecified atom stereocenters. The molecular weight excluding hydrogens is 663 g/mol. The second-order valence-corrected chi connectivity index (χ2v) is 21.8. The van der Waals surface area contributed by atoms with Gasteiger partial charge in [-0.1, -0.05) is 39.3 Å². The van der Waals surface area contributed by atoms with Gasteiger partial charge in [0.1, 0.15) is 19.5 Å². The molecule has 0 aliphatic rings. The maximum Gasteiger partial charge on any atom is 0.137 e. The van der Waals surface area contributed by atoms with Crippen molar-refractivity contribution in [3.63, 3.8) is 0 Å². The van der Waals surface area contributed by atoms with Gasteiger partial charge < -0.3 is 10.7 Å². The molecule has 3 aromatic rings. The van der Waals surface area contributed by atoms with Crippen molar-refractivity contribution >= 4 is 92.8 Å². The summed E-state index contributed by atoms with van der Waals surface area (Å²) in [6, 6.07) is 4.06.